The molecule has 0 atom stereocenters. The molecule has 0 aliphatic carbocycles. The SMILES string of the molecule is COc1ccc([N+](=O)[O-])cc1C(=O)Nc1ccc(SC)cc1. The van der Waals surface area contributed by atoms with Crippen molar-refractivity contribution < 1.29 is 14.5 Å². The van der Waals surface area contributed by atoms with Gasteiger partial charge in [-0.1, -0.05) is 0 Å². The molecule has 0 aliphatic heterocycles. The number of non-ortho nitro benzene ring substituents is 1. The fourth-order valence-corrected chi connectivity index (χ4v) is 2.27. The summed E-state index contributed by atoms with van der Waals surface area (Å²) in [5.41, 5.74) is 0.561. The fraction of sp³-hybridized carbons (Fsp3) is 0.133. The topological polar surface area (TPSA) is 81.5 Å². The van der Waals surface area contributed by atoms with Gasteiger partial charge in [0.25, 0.3) is 11.6 Å². The molecule has 114 valence electrons. The van der Waals surface area contributed by atoms with Crippen LogP contribution in [0.2, 0.25) is 0 Å². The number of nitrogens with one attached hydrogen (secondary N) is 1. The maximum Gasteiger partial charge on any atom is 0.270 e. The van der Waals surface area contributed by atoms with E-state index in [0.717, 1.165) is 4.90 Å². The maximum atomic E-state index is 12.3. The number of hydrogen-bond donors (Lipinski definition) is 1. The van der Waals surface area contributed by atoms with E-state index in [0.29, 0.717) is 5.69 Å². The summed E-state index contributed by atoms with van der Waals surface area (Å²) in [5, 5.41) is 13.5. The first-order valence-corrected chi connectivity index (χ1v) is 7.55. The van der Waals surface area contributed by atoms with Crippen molar-refractivity contribution in [3.8, 4) is 5.75 Å². The number of anilines is 1. The van der Waals surface area contributed by atoms with Crippen LogP contribution in [0, 0.1) is 10.1 Å². The van der Waals surface area contributed by atoms with Gasteiger partial charge in [-0.3, -0.25) is 14.9 Å². The van der Waals surface area contributed by atoms with Crippen molar-refractivity contribution in [1.29, 1.82) is 0 Å². The molecule has 0 heterocycles. The number of ether oxygens (including phenoxy) is 1. The van der Waals surface area contributed by atoms with Gasteiger partial charge in [0.05, 0.1) is 17.6 Å². The van der Waals surface area contributed by atoms with Gasteiger partial charge in [-0.25, -0.2) is 0 Å². The number of nitro benzene ring substituents is 1. The number of hydrogen-bond acceptors (Lipinski definition) is 5. The lowest BCUT2D eigenvalue weighted by Crippen LogP contribution is -2.13. The van der Waals surface area contributed by atoms with Crippen LogP contribution >= 0.6 is 11.8 Å². The molecule has 2 aromatic rings. The molecular formula is C15H14N2O4S. The van der Waals surface area contributed by atoms with E-state index in [9.17, 15) is 14.9 Å². The third-order valence-corrected chi connectivity index (χ3v) is 3.73. The zero-order valence-corrected chi connectivity index (χ0v) is 12.8. The summed E-state index contributed by atoms with van der Waals surface area (Å²) in [4.78, 5) is 23.7. The lowest BCUT2D eigenvalue weighted by Gasteiger charge is -2.09. The number of nitro groups is 1. The number of carbonyl (C=O) groups is 1. The molecule has 0 aliphatic rings. The van der Waals surface area contributed by atoms with Crippen molar-refractivity contribution in [2.24, 2.45) is 0 Å². The van der Waals surface area contributed by atoms with Gasteiger partial charge < -0.3 is 10.1 Å². The van der Waals surface area contributed by atoms with E-state index in [-0.39, 0.29) is 17.0 Å². The van der Waals surface area contributed by atoms with Crippen LogP contribution in [-0.2, 0) is 0 Å². The Hall–Kier alpha value is -2.54. The molecule has 2 aromatic carbocycles. The lowest BCUT2D eigenvalue weighted by atomic mass is 10.1. The van der Waals surface area contributed by atoms with Gasteiger partial charge in [0.1, 0.15) is 5.75 Å². The van der Waals surface area contributed by atoms with Crippen LogP contribution in [0.5, 0.6) is 5.75 Å². The predicted octanol–water partition coefficient (Wildman–Crippen LogP) is 3.58. The number of benzene rings is 2. The molecule has 1 N–H and O–H groups in total. The number of nitrogens with zero attached hydrogens (tertiary/aromatic N) is 1. The van der Waals surface area contributed by atoms with E-state index in [4.69, 9.17) is 4.74 Å². The monoisotopic (exact) mass is 318 g/mol. The molecule has 0 unspecified atom stereocenters. The van der Waals surface area contributed by atoms with Gasteiger partial charge in [0.2, 0.25) is 0 Å². The number of carbonyl (C=O) groups excluding carboxylic acids is 1. The molecular weight excluding hydrogens is 304 g/mol. The van der Waals surface area contributed by atoms with Gasteiger partial charge in [0, 0.05) is 22.7 Å². The van der Waals surface area contributed by atoms with Crippen LogP contribution in [0.4, 0.5) is 11.4 Å². The molecule has 0 bridgehead atoms. The molecule has 0 aromatic heterocycles. The van der Waals surface area contributed by atoms with Crippen LogP contribution in [0.3, 0.4) is 0 Å². The number of methoxy groups -OCH3 is 1. The molecule has 6 nitrogen and oxygen atoms in total. The zero-order valence-electron chi connectivity index (χ0n) is 12.0. The van der Waals surface area contributed by atoms with Crippen LogP contribution in [0.1, 0.15) is 10.4 Å². The average molecular weight is 318 g/mol. The van der Waals surface area contributed by atoms with Crippen molar-refractivity contribution in [3.63, 3.8) is 0 Å². The van der Waals surface area contributed by atoms with Gasteiger partial charge in [-0.05, 0) is 36.6 Å². The second kappa shape index (κ2) is 6.95. The van der Waals surface area contributed by atoms with E-state index in [1.54, 1.807) is 23.9 Å². The smallest absolute Gasteiger partial charge is 0.270 e. The summed E-state index contributed by atoms with van der Waals surface area (Å²) >= 11 is 1.60. The average Bonchev–Trinajstić information content (AvgIpc) is 2.54. The molecule has 0 radical (unpaired) electrons. The standard InChI is InChI=1S/C15H14N2O4S/c1-21-14-8-5-11(17(19)20)9-13(14)15(18)16-10-3-6-12(22-2)7-4-10/h3-9H,1-2H3,(H,16,18). The van der Waals surface area contributed by atoms with E-state index < -0.39 is 10.8 Å². The summed E-state index contributed by atoms with van der Waals surface area (Å²) in [6.45, 7) is 0. The Balaban J connectivity index is 2.27. The molecule has 1 amide bonds. The molecule has 0 saturated heterocycles. The Labute approximate surface area is 131 Å². The minimum absolute atomic E-state index is 0.116. The molecule has 2 rings (SSSR count). The van der Waals surface area contributed by atoms with Crippen molar-refractivity contribution in [1.82, 2.24) is 0 Å². The van der Waals surface area contributed by atoms with Crippen molar-refractivity contribution in [2.45, 2.75) is 4.90 Å². The van der Waals surface area contributed by atoms with E-state index in [1.807, 2.05) is 18.4 Å². The Morgan fingerprint density at radius 3 is 2.45 bits per heavy atom. The Morgan fingerprint density at radius 2 is 1.91 bits per heavy atom. The summed E-state index contributed by atoms with van der Waals surface area (Å²) in [6, 6.07) is 11.2. The highest BCUT2D eigenvalue weighted by Gasteiger charge is 2.17. The number of amides is 1. The van der Waals surface area contributed by atoms with Gasteiger partial charge in [-0.15, -0.1) is 11.8 Å². The highest BCUT2D eigenvalue weighted by Crippen LogP contribution is 2.25. The molecule has 0 saturated carbocycles. The summed E-state index contributed by atoms with van der Waals surface area (Å²) in [7, 11) is 1.41. The number of thioether (sulfide) groups is 1. The second-order valence-electron chi connectivity index (χ2n) is 4.32. The Kier molecular flexibility index (Phi) is 5.00. The van der Waals surface area contributed by atoms with Gasteiger partial charge in [-0.2, -0.15) is 0 Å². The zero-order chi connectivity index (χ0) is 16.1. The highest BCUT2D eigenvalue weighted by molar-refractivity contribution is 7.98. The predicted molar refractivity (Wildman–Crippen MR) is 85.8 cm³/mol. The first-order chi connectivity index (χ1) is 10.5. The fourth-order valence-electron chi connectivity index (χ4n) is 1.86. The molecule has 0 fully saturated rings. The summed E-state index contributed by atoms with van der Waals surface area (Å²) in [5.74, 6) is -0.179. The molecule has 7 heteroatoms. The Bertz CT molecular complexity index is 701. The first kappa shape index (κ1) is 15.8. The lowest BCUT2D eigenvalue weighted by molar-refractivity contribution is -0.384. The minimum atomic E-state index is -0.552. The summed E-state index contributed by atoms with van der Waals surface area (Å²) in [6.07, 6.45) is 1.96. The largest absolute Gasteiger partial charge is 0.496 e. The molecule has 22 heavy (non-hydrogen) atoms. The maximum absolute atomic E-state index is 12.3. The van der Waals surface area contributed by atoms with E-state index in [1.165, 1.54) is 25.3 Å². The van der Waals surface area contributed by atoms with Gasteiger partial charge >= 0.3 is 0 Å². The van der Waals surface area contributed by atoms with Crippen molar-refractivity contribution in [2.75, 3.05) is 18.7 Å². The quantitative estimate of drug-likeness (QED) is 0.518. The molecule has 0 spiro atoms. The second-order valence-corrected chi connectivity index (χ2v) is 5.20. The van der Waals surface area contributed by atoms with Crippen LogP contribution in [0.25, 0.3) is 0 Å². The normalized spacial score (nSPS) is 10.1. The third kappa shape index (κ3) is 3.56. The highest BCUT2D eigenvalue weighted by atomic mass is 32.2. The first-order valence-electron chi connectivity index (χ1n) is 6.33. The minimum Gasteiger partial charge on any atom is -0.496 e. The summed E-state index contributed by atoms with van der Waals surface area (Å²) < 4.78 is 5.09. The van der Waals surface area contributed by atoms with Gasteiger partial charge in [0.15, 0.2) is 0 Å². The third-order valence-electron chi connectivity index (χ3n) is 2.99. The van der Waals surface area contributed by atoms with Crippen LogP contribution < -0.4 is 10.1 Å². The van der Waals surface area contributed by atoms with Crippen LogP contribution in [-0.4, -0.2) is 24.2 Å². The van der Waals surface area contributed by atoms with Crippen LogP contribution in [0.15, 0.2) is 47.4 Å². The van der Waals surface area contributed by atoms with E-state index >= 15 is 0 Å². The van der Waals surface area contributed by atoms with Crippen molar-refractivity contribution >= 4 is 29.0 Å². The van der Waals surface area contributed by atoms with E-state index in [2.05, 4.69) is 5.32 Å². The van der Waals surface area contributed by atoms with Crippen molar-refractivity contribution in [3.05, 3.63) is 58.1 Å². The number of rotatable bonds is 5. The Morgan fingerprint density at radius 1 is 1.23 bits per heavy atom.